The minimum atomic E-state index is -1.07. The van der Waals surface area contributed by atoms with Crippen LogP contribution in [0.15, 0.2) is 24.3 Å². The van der Waals surface area contributed by atoms with E-state index >= 15 is 0 Å². The van der Waals surface area contributed by atoms with E-state index in [9.17, 15) is 4.79 Å². The van der Waals surface area contributed by atoms with Crippen LogP contribution in [0.3, 0.4) is 0 Å². The number of hydrogen-bond donors (Lipinski definition) is 1. The number of aryl methyl sites for hydroxylation is 2. The van der Waals surface area contributed by atoms with Gasteiger partial charge in [0.1, 0.15) is 12.4 Å². The van der Waals surface area contributed by atoms with Crippen molar-refractivity contribution < 1.29 is 14.6 Å². The summed E-state index contributed by atoms with van der Waals surface area (Å²) in [4.78, 5) is 11.0. The van der Waals surface area contributed by atoms with Gasteiger partial charge in [-0.2, -0.15) is 5.10 Å². The van der Waals surface area contributed by atoms with E-state index in [0.29, 0.717) is 12.4 Å². The molecule has 5 nitrogen and oxygen atoms in total. The van der Waals surface area contributed by atoms with Crippen molar-refractivity contribution in [2.75, 3.05) is 0 Å². The average Bonchev–Trinajstić information content (AvgIpc) is 2.78. The van der Waals surface area contributed by atoms with E-state index in [4.69, 9.17) is 21.4 Å². The van der Waals surface area contributed by atoms with Crippen molar-refractivity contribution in [3.05, 3.63) is 46.2 Å². The summed E-state index contributed by atoms with van der Waals surface area (Å²) in [5.74, 6) is -0.611. The number of carboxylic acids is 1. The fourth-order valence-corrected chi connectivity index (χ4v) is 1.99. The van der Waals surface area contributed by atoms with E-state index in [1.807, 2.05) is 20.0 Å². The molecule has 6 heteroatoms. The smallest absolute Gasteiger partial charge is 0.337 e. The molecule has 0 radical (unpaired) electrons. The van der Waals surface area contributed by atoms with E-state index < -0.39 is 5.97 Å². The van der Waals surface area contributed by atoms with Gasteiger partial charge < -0.3 is 9.84 Å². The third-order valence-corrected chi connectivity index (χ3v) is 3.27. The van der Waals surface area contributed by atoms with Crippen LogP contribution in [-0.4, -0.2) is 20.9 Å². The molecule has 0 spiro atoms. The first-order valence-corrected chi connectivity index (χ1v) is 6.56. The van der Waals surface area contributed by atoms with Crippen molar-refractivity contribution in [2.24, 2.45) is 7.05 Å². The van der Waals surface area contributed by atoms with Crippen LogP contribution in [0.1, 0.15) is 28.7 Å². The van der Waals surface area contributed by atoms with Crippen LogP contribution in [0.5, 0.6) is 5.75 Å². The van der Waals surface area contributed by atoms with Gasteiger partial charge in [0, 0.05) is 7.05 Å². The van der Waals surface area contributed by atoms with Gasteiger partial charge in [-0.1, -0.05) is 18.5 Å². The Kier molecular flexibility index (Phi) is 4.29. The number of hydrogen-bond acceptors (Lipinski definition) is 3. The number of benzene rings is 1. The molecule has 1 N–H and O–H groups in total. The maximum atomic E-state index is 11.0. The number of aromatic carboxylic acids is 1. The monoisotopic (exact) mass is 294 g/mol. The van der Waals surface area contributed by atoms with Gasteiger partial charge >= 0.3 is 5.97 Å². The molecular weight excluding hydrogens is 280 g/mol. The van der Waals surface area contributed by atoms with Crippen molar-refractivity contribution in [3.63, 3.8) is 0 Å². The van der Waals surface area contributed by atoms with Crippen LogP contribution in [-0.2, 0) is 20.1 Å². The third kappa shape index (κ3) is 3.11. The molecule has 0 saturated carbocycles. The summed E-state index contributed by atoms with van der Waals surface area (Å²) < 4.78 is 7.35. The number of carboxylic acid groups (broad SMARTS) is 1. The molecule has 0 atom stereocenters. The maximum absolute atomic E-state index is 11.0. The largest absolute Gasteiger partial charge is 0.487 e. The van der Waals surface area contributed by atoms with Crippen LogP contribution >= 0.6 is 11.6 Å². The predicted octanol–water partition coefficient (Wildman–Crippen LogP) is 2.91. The summed E-state index contributed by atoms with van der Waals surface area (Å²) >= 11 is 5.81. The molecule has 0 aliphatic heterocycles. The highest BCUT2D eigenvalue weighted by atomic mass is 35.5. The summed E-state index contributed by atoms with van der Waals surface area (Å²) in [5, 5.41) is 13.5. The molecular formula is C14H15ClN2O3. The Balaban J connectivity index is 2.12. The highest BCUT2D eigenvalue weighted by Gasteiger charge is 2.11. The molecule has 0 saturated heterocycles. The molecule has 0 aliphatic carbocycles. The number of aromatic nitrogens is 2. The summed E-state index contributed by atoms with van der Waals surface area (Å²) in [5.41, 5.74) is 1.95. The molecule has 20 heavy (non-hydrogen) atoms. The molecule has 0 aliphatic rings. The Morgan fingerprint density at radius 2 is 2.20 bits per heavy atom. The summed E-state index contributed by atoms with van der Waals surface area (Å²) in [6.07, 6.45) is 0.859. The summed E-state index contributed by atoms with van der Waals surface area (Å²) in [7, 11) is 1.85. The molecule has 0 unspecified atom stereocenters. The quantitative estimate of drug-likeness (QED) is 0.921. The number of rotatable bonds is 5. The third-order valence-electron chi connectivity index (χ3n) is 2.94. The van der Waals surface area contributed by atoms with E-state index in [1.54, 1.807) is 10.7 Å². The zero-order valence-electron chi connectivity index (χ0n) is 11.3. The highest BCUT2D eigenvalue weighted by Crippen LogP contribution is 2.23. The Morgan fingerprint density at radius 3 is 2.80 bits per heavy atom. The Bertz CT molecular complexity index is 637. The molecule has 1 heterocycles. The molecule has 0 bridgehead atoms. The highest BCUT2D eigenvalue weighted by molar-refractivity contribution is 6.33. The Labute approximate surface area is 121 Å². The second-order valence-corrected chi connectivity index (χ2v) is 4.75. The number of ether oxygens (including phenoxy) is 1. The first kappa shape index (κ1) is 14.4. The molecule has 106 valence electrons. The minimum Gasteiger partial charge on any atom is -0.487 e. The SMILES string of the molecule is CCc1cc(COc2ccc(Cl)c(C(=O)O)c2)n(C)n1. The van der Waals surface area contributed by atoms with Crippen LogP contribution in [0.4, 0.5) is 0 Å². The first-order valence-electron chi connectivity index (χ1n) is 6.18. The van der Waals surface area contributed by atoms with Gasteiger partial charge in [-0.25, -0.2) is 4.79 Å². The lowest BCUT2D eigenvalue weighted by Gasteiger charge is -2.08. The van der Waals surface area contributed by atoms with Crippen LogP contribution in [0.25, 0.3) is 0 Å². The average molecular weight is 295 g/mol. The van der Waals surface area contributed by atoms with Gasteiger partial charge in [0.15, 0.2) is 0 Å². The van der Waals surface area contributed by atoms with Crippen molar-refractivity contribution in [1.29, 1.82) is 0 Å². The summed E-state index contributed by atoms with van der Waals surface area (Å²) in [6, 6.07) is 6.54. The molecule has 2 aromatic rings. The van der Waals surface area contributed by atoms with Gasteiger partial charge in [-0.3, -0.25) is 4.68 Å². The normalized spacial score (nSPS) is 10.6. The van der Waals surface area contributed by atoms with Crippen molar-refractivity contribution in [2.45, 2.75) is 20.0 Å². The zero-order valence-corrected chi connectivity index (χ0v) is 12.0. The van der Waals surface area contributed by atoms with E-state index in [0.717, 1.165) is 17.8 Å². The van der Waals surface area contributed by atoms with Crippen molar-refractivity contribution >= 4 is 17.6 Å². The molecule has 1 aromatic heterocycles. The second-order valence-electron chi connectivity index (χ2n) is 4.34. The fourth-order valence-electron chi connectivity index (χ4n) is 1.79. The van der Waals surface area contributed by atoms with Gasteiger partial charge in [-0.05, 0) is 30.7 Å². The van der Waals surface area contributed by atoms with Gasteiger partial charge in [0.25, 0.3) is 0 Å². The Morgan fingerprint density at radius 1 is 1.45 bits per heavy atom. The number of carbonyl (C=O) groups is 1. The van der Waals surface area contributed by atoms with Crippen LogP contribution < -0.4 is 4.74 Å². The lowest BCUT2D eigenvalue weighted by molar-refractivity contribution is 0.0696. The van der Waals surface area contributed by atoms with Crippen LogP contribution in [0, 0.1) is 0 Å². The van der Waals surface area contributed by atoms with Gasteiger partial charge in [0.2, 0.25) is 0 Å². The minimum absolute atomic E-state index is 0.0309. The predicted molar refractivity (Wildman–Crippen MR) is 75.3 cm³/mol. The molecule has 0 amide bonds. The van der Waals surface area contributed by atoms with E-state index in [1.165, 1.54) is 12.1 Å². The summed E-state index contributed by atoms with van der Waals surface area (Å²) in [6.45, 7) is 2.36. The van der Waals surface area contributed by atoms with Crippen LogP contribution in [0.2, 0.25) is 5.02 Å². The van der Waals surface area contributed by atoms with Gasteiger partial charge in [-0.15, -0.1) is 0 Å². The topological polar surface area (TPSA) is 64.3 Å². The van der Waals surface area contributed by atoms with Crippen molar-refractivity contribution in [3.8, 4) is 5.75 Å². The standard InChI is InChI=1S/C14H15ClN2O3/c1-3-9-6-10(17(2)16-9)8-20-11-4-5-13(15)12(7-11)14(18)19/h4-7H,3,8H2,1-2H3,(H,18,19). The Hall–Kier alpha value is -2.01. The van der Waals surface area contributed by atoms with E-state index in [-0.39, 0.29) is 10.6 Å². The lowest BCUT2D eigenvalue weighted by atomic mass is 10.2. The van der Waals surface area contributed by atoms with Crippen molar-refractivity contribution in [1.82, 2.24) is 9.78 Å². The van der Waals surface area contributed by atoms with Gasteiger partial charge in [0.05, 0.1) is 22.0 Å². The van der Waals surface area contributed by atoms with E-state index in [2.05, 4.69) is 5.10 Å². The maximum Gasteiger partial charge on any atom is 0.337 e. The second kappa shape index (κ2) is 5.96. The molecule has 2 rings (SSSR count). The number of halogens is 1. The molecule has 0 fully saturated rings. The number of nitrogens with zero attached hydrogens (tertiary/aromatic N) is 2. The zero-order chi connectivity index (χ0) is 14.7. The fraction of sp³-hybridized carbons (Fsp3) is 0.286. The lowest BCUT2D eigenvalue weighted by Crippen LogP contribution is -2.04. The first-order chi connectivity index (χ1) is 9.51. The molecule has 1 aromatic carbocycles.